The maximum Gasteiger partial charge on any atom is 0.328 e. The van der Waals surface area contributed by atoms with Gasteiger partial charge in [0, 0.05) is 10.3 Å². The van der Waals surface area contributed by atoms with Crippen LogP contribution >= 0.6 is 23.1 Å². The van der Waals surface area contributed by atoms with Gasteiger partial charge in [-0.3, -0.25) is 4.79 Å². The fraction of sp³-hybridized carbons (Fsp3) is 0.579. The number of ether oxygens (including phenoxy) is 1. The van der Waals surface area contributed by atoms with E-state index in [-0.39, 0.29) is 17.6 Å². The molecule has 0 aliphatic heterocycles. The second-order valence-electron chi connectivity index (χ2n) is 7.13. The third kappa shape index (κ3) is 4.79. The van der Waals surface area contributed by atoms with Crippen molar-refractivity contribution in [2.24, 2.45) is 5.92 Å². The van der Waals surface area contributed by atoms with Crippen LogP contribution in [-0.4, -0.2) is 40.7 Å². The smallest absolute Gasteiger partial charge is 0.328 e. The number of aryl methyl sites for hydroxylation is 2. The number of hydrogen-bond acceptors (Lipinski definition) is 7. The van der Waals surface area contributed by atoms with Crippen molar-refractivity contribution in [1.29, 1.82) is 0 Å². The number of carbonyl (C=O) groups excluding carboxylic acids is 2. The zero-order chi connectivity index (χ0) is 19.4. The summed E-state index contributed by atoms with van der Waals surface area (Å²) in [4.78, 5) is 35.6. The summed E-state index contributed by atoms with van der Waals surface area (Å²) in [5.74, 6) is -0.103. The standard InChI is InChI=1S/C19H25N3O3S2/c1-11(2)8-13(19(24)25-3)22-15(23)9-26-17-16-12-6-4-5-7-14(12)27-18(16)21-10-20-17/h10-11,13H,4-9H2,1-3H3,(H,22,23)/t13-/m0/s1. The Morgan fingerprint density at radius 3 is 2.81 bits per heavy atom. The number of hydrogen-bond donors (Lipinski definition) is 1. The highest BCUT2D eigenvalue weighted by Gasteiger charge is 2.24. The van der Waals surface area contributed by atoms with Crippen molar-refractivity contribution in [3.63, 3.8) is 0 Å². The van der Waals surface area contributed by atoms with E-state index in [0.29, 0.717) is 6.42 Å². The summed E-state index contributed by atoms with van der Waals surface area (Å²) in [6.07, 6.45) is 6.70. The van der Waals surface area contributed by atoms with Gasteiger partial charge in [0.15, 0.2) is 0 Å². The number of nitrogens with one attached hydrogen (secondary N) is 1. The van der Waals surface area contributed by atoms with Gasteiger partial charge < -0.3 is 10.1 Å². The van der Waals surface area contributed by atoms with Gasteiger partial charge >= 0.3 is 5.97 Å². The summed E-state index contributed by atoms with van der Waals surface area (Å²) in [6.45, 7) is 4.02. The number of thiophene rings is 1. The average Bonchev–Trinajstić information content (AvgIpc) is 3.04. The Labute approximate surface area is 167 Å². The molecule has 0 spiro atoms. The number of esters is 1. The Hall–Kier alpha value is -1.67. The SMILES string of the molecule is COC(=O)[C@H](CC(C)C)NC(=O)CSc1ncnc2sc3c(c12)CCCC3. The quantitative estimate of drug-likeness (QED) is 0.431. The van der Waals surface area contributed by atoms with Gasteiger partial charge in [-0.1, -0.05) is 25.6 Å². The molecule has 0 bridgehead atoms. The number of methoxy groups -OCH3 is 1. The Morgan fingerprint density at radius 2 is 2.07 bits per heavy atom. The normalized spacial score (nSPS) is 14.8. The molecule has 0 saturated heterocycles. The van der Waals surface area contributed by atoms with Crippen LogP contribution in [0.15, 0.2) is 11.4 Å². The molecule has 0 aromatic carbocycles. The first-order valence-electron chi connectivity index (χ1n) is 9.24. The first kappa shape index (κ1) is 20.1. The number of amides is 1. The molecule has 1 amide bonds. The molecule has 0 radical (unpaired) electrons. The van der Waals surface area contributed by atoms with E-state index in [1.807, 2.05) is 13.8 Å². The average molecular weight is 408 g/mol. The molecule has 6 nitrogen and oxygen atoms in total. The van der Waals surface area contributed by atoms with E-state index in [1.165, 1.54) is 42.2 Å². The molecule has 3 rings (SSSR count). The van der Waals surface area contributed by atoms with Crippen molar-refractivity contribution >= 4 is 45.2 Å². The van der Waals surface area contributed by atoms with Crippen molar-refractivity contribution < 1.29 is 14.3 Å². The zero-order valence-electron chi connectivity index (χ0n) is 15.9. The number of rotatable bonds is 7. The summed E-state index contributed by atoms with van der Waals surface area (Å²) < 4.78 is 4.81. The van der Waals surface area contributed by atoms with Crippen LogP contribution in [0, 0.1) is 5.92 Å². The molecule has 1 aliphatic carbocycles. The van der Waals surface area contributed by atoms with E-state index in [0.717, 1.165) is 28.1 Å². The highest BCUT2D eigenvalue weighted by molar-refractivity contribution is 8.00. The molecule has 0 saturated carbocycles. The molecule has 27 heavy (non-hydrogen) atoms. The second-order valence-corrected chi connectivity index (χ2v) is 9.18. The Morgan fingerprint density at radius 1 is 1.30 bits per heavy atom. The minimum Gasteiger partial charge on any atom is -0.467 e. The van der Waals surface area contributed by atoms with Crippen molar-refractivity contribution in [2.75, 3.05) is 12.9 Å². The Bertz CT molecular complexity index is 835. The lowest BCUT2D eigenvalue weighted by atomic mass is 9.97. The summed E-state index contributed by atoms with van der Waals surface area (Å²) in [5.41, 5.74) is 1.36. The zero-order valence-corrected chi connectivity index (χ0v) is 17.5. The molecule has 8 heteroatoms. The summed E-state index contributed by atoms with van der Waals surface area (Å²) in [6, 6.07) is -0.609. The van der Waals surface area contributed by atoms with Crippen LogP contribution in [-0.2, 0) is 27.2 Å². The van der Waals surface area contributed by atoms with Gasteiger partial charge in [0.05, 0.1) is 12.9 Å². The van der Waals surface area contributed by atoms with Crippen LogP contribution in [0.1, 0.15) is 43.6 Å². The molecule has 2 heterocycles. The lowest BCUT2D eigenvalue weighted by Gasteiger charge is -2.18. The number of fused-ring (bicyclic) bond motifs is 3. The van der Waals surface area contributed by atoms with Gasteiger partial charge in [-0.05, 0) is 43.6 Å². The van der Waals surface area contributed by atoms with E-state index in [4.69, 9.17) is 4.74 Å². The van der Waals surface area contributed by atoms with Crippen LogP contribution in [0.4, 0.5) is 0 Å². The highest BCUT2D eigenvalue weighted by Crippen LogP contribution is 2.39. The fourth-order valence-electron chi connectivity index (χ4n) is 3.37. The monoisotopic (exact) mass is 407 g/mol. The molecular formula is C19H25N3O3S2. The van der Waals surface area contributed by atoms with E-state index in [9.17, 15) is 9.59 Å². The maximum absolute atomic E-state index is 12.4. The van der Waals surface area contributed by atoms with Crippen molar-refractivity contribution in [2.45, 2.75) is 57.0 Å². The Kier molecular flexibility index (Phi) is 6.70. The highest BCUT2D eigenvalue weighted by atomic mass is 32.2. The predicted molar refractivity (Wildman–Crippen MR) is 108 cm³/mol. The molecule has 1 N–H and O–H groups in total. The van der Waals surface area contributed by atoms with Crippen LogP contribution in [0.5, 0.6) is 0 Å². The van der Waals surface area contributed by atoms with E-state index in [1.54, 1.807) is 17.7 Å². The maximum atomic E-state index is 12.4. The van der Waals surface area contributed by atoms with Crippen molar-refractivity contribution in [1.82, 2.24) is 15.3 Å². The van der Waals surface area contributed by atoms with Gasteiger partial charge in [0.25, 0.3) is 0 Å². The summed E-state index contributed by atoms with van der Waals surface area (Å²) in [7, 11) is 1.34. The molecule has 1 atom stereocenters. The second kappa shape index (κ2) is 9.01. The number of thioether (sulfide) groups is 1. The van der Waals surface area contributed by atoms with Crippen LogP contribution in [0.25, 0.3) is 10.2 Å². The third-order valence-electron chi connectivity index (χ3n) is 4.58. The van der Waals surface area contributed by atoms with Crippen LogP contribution in [0.3, 0.4) is 0 Å². The summed E-state index contributed by atoms with van der Waals surface area (Å²) in [5, 5.41) is 4.77. The molecule has 2 aromatic rings. The molecular weight excluding hydrogens is 382 g/mol. The number of carbonyl (C=O) groups is 2. The van der Waals surface area contributed by atoms with Crippen molar-refractivity contribution in [3.8, 4) is 0 Å². The number of nitrogens with zero attached hydrogens (tertiary/aromatic N) is 2. The van der Waals surface area contributed by atoms with Gasteiger partial charge in [-0.2, -0.15) is 0 Å². The molecule has 0 fully saturated rings. The number of aromatic nitrogens is 2. The first-order valence-corrected chi connectivity index (χ1v) is 11.0. The molecule has 146 valence electrons. The van der Waals surface area contributed by atoms with Gasteiger partial charge in [0.1, 0.15) is 22.2 Å². The predicted octanol–water partition coefficient (Wildman–Crippen LogP) is 3.37. The first-order chi connectivity index (χ1) is 13.0. The van der Waals surface area contributed by atoms with E-state index in [2.05, 4.69) is 15.3 Å². The molecule has 2 aromatic heterocycles. The van der Waals surface area contributed by atoms with Crippen LogP contribution in [0.2, 0.25) is 0 Å². The van der Waals surface area contributed by atoms with Crippen LogP contribution < -0.4 is 5.32 Å². The van der Waals surface area contributed by atoms with E-state index < -0.39 is 12.0 Å². The van der Waals surface area contributed by atoms with Gasteiger partial charge in [-0.15, -0.1) is 11.3 Å². The largest absolute Gasteiger partial charge is 0.467 e. The third-order valence-corrected chi connectivity index (χ3v) is 6.77. The topological polar surface area (TPSA) is 81.2 Å². The lowest BCUT2D eigenvalue weighted by Crippen LogP contribution is -2.43. The molecule has 1 aliphatic rings. The lowest BCUT2D eigenvalue weighted by molar-refractivity contribution is -0.145. The fourth-order valence-corrected chi connectivity index (χ4v) is 5.50. The van der Waals surface area contributed by atoms with Gasteiger partial charge in [-0.25, -0.2) is 14.8 Å². The minimum absolute atomic E-state index is 0.188. The van der Waals surface area contributed by atoms with E-state index >= 15 is 0 Å². The van der Waals surface area contributed by atoms with Gasteiger partial charge in [0.2, 0.25) is 5.91 Å². The summed E-state index contributed by atoms with van der Waals surface area (Å²) >= 11 is 3.15. The van der Waals surface area contributed by atoms with Crippen molar-refractivity contribution in [3.05, 3.63) is 16.8 Å². The Balaban J connectivity index is 1.70. The molecule has 0 unspecified atom stereocenters. The minimum atomic E-state index is -0.609.